The first-order valence-corrected chi connectivity index (χ1v) is 8.53. The number of anilines is 1. The highest BCUT2D eigenvalue weighted by atomic mass is 16.5. The maximum absolute atomic E-state index is 9.79. The monoisotopic (exact) mass is 333 g/mol. The number of hydrogen-bond acceptors (Lipinski definition) is 6. The van der Waals surface area contributed by atoms with Crippen molar-refractivity contribution < 1.29 is 9.63 Å². The summed E-state index contributed by atoms with van der Waals surface area (Å²) in [6.45, 7) is 12.0. The maximum Gasteiger partial charge on any atom is 0.266 e. The van der Waals surface area contributed by atoms with Gasteiger partial charge >= 0.3 is 0 Å². The second-order valence-corrected chi connectivity index (χ2v) is 7.95. The quantitative estimate of drug-likeness (QED) is 0.925. The van der Waals surface area contributed by atoms with Crippen LogP contribution in [0.5, 0.6) is 0 Å². The van der Waals surface area contributed by atoms with E-state index in [0.29, 0.717) is 17.9 Å². The first-order valence-electron chi connectivity index (χ1n) is 8.53. The van der Waals surface area contributed by atoms with Crippen molar-refractivity contribution in [2.24, 2.45) is 5.92 Å². The lowest BCUT2D eigenvalue weighted by atomic mass is 9.92. The van der Waals surface area contributed by atoms with E-state index in [9.17, 15) is 5.11 Å². The molecule has 0 bridgehead atoms. The molecule has 24 heavy (non-hydrogen) atoms. The van der Waals surface area contributed by atoms with Crippen LogP contribution in [0.25, 0.3) is 0 Å². The highest BCUT2D eigenvalue weighted by Gasteiger charge is 2.36. The van der Waals surface area contributed by atoms with Gasteiger partial charge in [-0.25, -0.2) is 0 Å². The normalized spacial score (nSPS) is 21.9. The van der Waals surface area contributed by atoms with Crippen molar-refractivity contribution in [2.75, 3.05) is 24.6 Å². The van der Waals surface area contributed by atoms with Gasteiger partial charge in [0.1, 0.15) is 0 Å². The zero-order chi connectivity index (χ0) is 17.5. The molecule has 7 nitrogen and oxygen atoms in total. The highest BCUT2D eigenvalue weighted by molar-refractivity contribution is 5.35. The second kappa shape index (κ2) is 6.20. The molecule has 3 heterocycles. The van der Waals surface area contributed by atoms with Crippen molar-refractivity contribution in [3.8, 4) is 0 Å². The van der Waals surface area contributed by atoms with Gasteiger partial charge in [-0.3, -0.25) is 4.68 Å². The Morgan fingerprint density at radius 2 is 2.08 bits per heavy atom. The van der Waals surface area contributed by atoms with E-state index in [0.717, 1.165) is 18.7 Å². The van der Waals surface area contributed by atoms with Gasteiger partial charge in [0.15, 0.2) is 0 Å². The Balaban J connectivity index is 1.80. The minimum Gasteiger partial charge on any atom is -0.396 e. The summed E-state index contributed by atoms with van der Waals surface area (Å²) in [5.41, 5.74) is 0.990. The van der Waals surface area contributed by atoms with Gasteiger partial charge in [0.05, 0.1) is 6.20 Å². The van der Waals surface area contributed by atoms with Crippen LogP contribution in [0.3, 0.4) is 0 Å². The molecule has 132 valence electrons. The van der Waals surface area contributed by atoms with Gasteiger partial charge < -0.3 is 14.5 Å². The van der Waals surface area contributed by atoms with E-state index in [1.54, 1.807) is 0 Å². The lowest BCUT2D eigenvalue weighted by Gasteiger charge is -2.13. The van der Waals surface area contributed by atoms with Crippen LogP contribution in [-0.2, 0) is 5.41 Å². The molecule has 0 saturated carbocycles. The number of nitrogens with zero attached hydrogens (tertiary/aromatic N) is 5. The van der Waals surface area contributed by atoms with Gasteiger partial charge in [-0.1, -0.05) is 20.8 Å². The van der Waals surface area contributed by atoms with Crippen LogP contribution in [0.2, 0.25) is 0 Å². The summed E-state index contributed by atoms with van der Waals surface area (Å²) in [5.74, 6) is 1.61. The summed E-state index contributed by atoms with van der Waals surface area (Å²) in [6.07, 6.45) is 3.99. The van der Waals surface area contributed by atoms with Crippen molar-refractivity contribution in [3.05, 3.63) is 23.8 Å². The van der Waals surface area contributed by atoms with Gasteiger partial charge in [0.2, 0.25) is 5.89 Å². The third-order valence-corrected chi connectivity index (χ3v) is 4.59. The Labute approximate surface area is 142 Å². The largest absolute Gasteiger partial charge is 0.396 e. The van der Waals surface area contributed by atoms with Gasteiger partial charge in [0.25, 0.3) is 5.95 Å². The zero-order valence-electron chi connectivity index (χ0n) is 15.1. The van der Waals surface area contributed by atoms with E-state index in [1.165, 1.54) is 0 Å². The summed E-state index contributed by atoms with van der Waals surface area (Å²) in [5, 5.41) is 18.4. The molecule has 1 saturated heterocycles. The van der Waals surface area contributed by atoms with Gasteiger partial charge in [0, 0.05) is 49.2 Å². The molecule has 0 spiro atoms. The predicted octanol–water partition coefficient (Wildman–Crippen LogP) is 2.36. The fraction of sp³-hybridized carbons (Fsp3) is 0.706. The van der Waals surface area contributed by atoms with Crippen molar-refractivity contribution in [3.63, 3.8) is 0 Å². The van der Waals surface area contributed by atoms with Crippen molar-refractivity contribution in [1.29, 1.82) is 0 Å². The van der Waals surface area contributed by atoms with E-state index in [-0.39, 0.29) is 23.9 Å². The zero-order valence-corrected chi connectivity index (χ0v) is 15.1. The van der Waals surface area contributed by atoms with Gasteiger partial charge in [-0.2, -0.15) is 10.1 Å². The lowest BCUT2D eigenvalue weighted by molar-refractivity contribution is 0.227. The van der Waals surface area contributed by atoms with Gasteiger partial charge in [-0.05, 0) is 24.6 Å². The van der Waals surface area contributed by atoms with Crippen molar-refractivity contribution in [1.82, 2.24) is 19.9 Å². The van der Waals surface area contributed by atoms with E-state index >= 15 is 0 Å². The van der Waals surface area contributed by atoms with Crippen LogP contribution < -0.4 is 4.90 Å². The van der Waals surface area contributed by atoms with Crippen LogP contribution in [-0.4, -0.2) is 44.7 Å². The summed E-state index contributed by atoms with van der Waals surface area (Å²) >= 11 is 0. The molecule has 1 aliphatic rings. The summed E-state index contributed by atoms with van der Waals surface area (Å²) < 4.78 is 7.36. The Bertz CT molecular complexity index is 685. The van der Waals surface area contributed by atoms with Gasteiger partial charge in [-0.15, -0.1) is 0 Å². The van der Waals surface area contributed by atoms with E-state index in [1.807, 2.05) is 31.6 Å². The number of aromatic nitrogens is 4. The van der Waals surface area contributed by atoms with E-state index < -0.39 is 0 Å². The second-order valence-electron chi connectivity index (χ2n) is 7.95. The Morgan fingerprint density at radius 3 is 2.62 bits per heavy atom. The molecule has 0 aliphatic carbocycles. The predicted molar refractivity (Wildman–Crippen MR) is 91.1 cm³/mol. The molecule has 0 unspecified atom stereocenters. The minimum absolute atomic E-state index is 0.137. The molecule has 0 amide bonds. The van der Waals surface area contributed by atoms with E-state index in [2.05, 4.69) is 40.2 Å². The number of aliphatic hydroxyl groups is 1. The first-order chi connectivity index (χ1) is 11.3. The smallest absolute Gasteiger partial charge is 0.266 e. The van der Waals surface area contributed by atoms with Crippen LogP contribution >= 0.6 is 0 Å². The standard InChI is InChI=1S/C17H27N5O2/c1-11(2)22-8-12(6-18-22)14-9-21(7-13(14)10-23)16-19-15(24-20-16)17(3,4)5/h6,8,11,13-14,23H,7,9-10H2,1-5H3/t13-,14-/m0/s1. The summed E-state index contributed by atoms with van der Waals surface area (Å²) in [7, 11) is 0. The third-order valence-electron chi connectivity index (χ3n) is 4.59. The molecular formula is C17H27N5O2. The first kappa shape index (κ1) is 17.0. The molecule has 1 aliphatic heterocycles. The number of hydrogen-bond donors (Lipinski definition) is 1. The highest BCUT2D eigenvalue weighted by Crippen LogP contribution is 2.35. The van der Waals surface area contributed by atoms with Crippen LogP contribution in [0.15, 0.2) is 16.9 Å². The fourth-order valence-electron chi connectivity index (χ4n) is 3.07. The average Bonchev–Trinajstić information content (AvgIpc) is 3.23. The van der Waals surface area contributed by atoms with Crippen LogP contribution in [0, 0.1) is 5.92 Å². The number of aliphatic hydroxyl groups excluding tert-OH is 1. The Morgan fingerprint density at radius 1 is 1.33 bits per heavy atom. The maximum atomic E-state index is 9.79. The molecule has 0 aromatic carbocycles. The molecule has 3 rings (SSSR count). The Hall–Kier alpha value is -1.89. The molecule has 7 heteroatoms. The average molecular weight is 333 g/mol. The topological polar surface area (TPSA) is 80.2 Å². The van der Waals surface area contributed by atoms with Crippen molar-refractivity contribution >= 4 is 5.95 Å². The molecule has 2 atom stereocenters. The van der Waals surface area contributed by atoms with Crippen LogP contribution in [0.4, 0.5) is 5.95 Å². The summed E-state index contributed by atoms with van der Waals surface area (Å²) in [6, 6.07) is 0.329. The number of rotatable bonds is 4. The molecule has 2 aromatic heterocycles. The minimum atomic E-state index is -0.168. The van der Waals surface area contributed by atoms with E-state index in [4.69, 9.17) is 4.52 Å². The summed E-state index contributed by atoms with van der Waals surface area (Å²) in [4.78, 5) is 6.63. The molecule has 0 radical (unpaired) electrons. The third kappa shape index (κ3) is 3.17. The molecule has 2 aromatic rings. The molecule has 1 fully saturated rings. The molecule has 1 N–H and O–H groups in total. The van der Waals surface area contributed by atoms with Crippen LogP contribution in [0.1, 0.15) is 58.0 Å². The lowest BCUT2D eigenvalue weighted by Crippen LogP contribution is -2.22. The molecular weight excluding hydrogens is 306 g/mol. The Kier molecular flexibility index (Phi) is 4.38. The van der Waals surface area contributed by atoms with Crippen molar-refractivity contribution in [2.45, 2.75) is 52.0 Å². The SMILES string of the molecule is CC(C)n1cc([C@@H]2CN(c3noc(C(C)(C)C)n3)C[C@H]2CO)cn1. The fourth-order valence-corrected chi connectivity index (χ4v) is 3.07.